The van der Waals surface area contributed by atoms with Gasteiger partial charge in [0.05, 0.1) is 11.6 Å². The van der Waals surface area contributed by atoms with Gasteiger partial charge in [-0.3, -0.25) is 0 Å². The Labute approximate surface area is 151 Å². The molecule has 132 valence electrons. The first-order chi connectivity index (χ1) is 11.3. The van der Waals surface area contributed by atoms with Gasteiger partial charge in [-0.1, -0.05) is 23.2 Å². The number of hydrogen-bond donors (Lipinski definition) is 0. The van der Waals surface area contributed by atoms with Crippen molar-refractivity contribution in [3.8, 4) is 0 Å². The Bertz CT molecular complexity index is 738. The summed E-state index contributed by atoms with van der Waals surface area (Å²) in [6.45, 7) is 3.33. The summed E-state index contributed by atoms with van der Waals surface area (Å²) in [5, 5.41) is 0.535. The smallest absolute Gasteiger partial charge is 0.410 e. The molecular weight excluding hydrogens is 375 g/mol. The molecule has 1 aromatic rings. The molecule has 0 atom stereocenters. The summed E-state index contributed by atoms with van der Waals surface area (Å²) in [5.41, 5.74) is 0.526. The van der Waals surface area contributed by atoms with Crippen LogP contribution in [-0.4, -0.2) is 56.0 Å². The van der Waals surface area contributed by atoms with Crippen molar-refractivity contribution in [1.29, 1.82) is 0 Å². The highest BCUT2D eigenvalue weighted by Gasteiger charge is 2.36. The van der Waals surface area contributed by atoms with Gasteiger partial charge >= 0.3 is 6.09 Å². The fourth-order valence-corrected chi connectivity index (χ4v) is 5.88. The third kappa shape index (κ3) is 3.22. The second kappa shape index (κ2) is 6.71. The number of hydrogen-bond acceptors (Lipinski definition) is 4. The Morgan fingerprint density at radius 1 is 1.17 bits per heavy atom. The van der Waals surface area contributed by atoms with Gasteiger partial charge in [-0.05, 0) is 37.5 Å². The standard InChI is InChI=1S/C15H18Cl2N2O4S/c1-10-8-11(16)9-13(17)14(10)24(21,22)18-4-2-12(3-5-18)19-6-7-23-15(19)20/h8-9,12H,2-7H2,1H3. The average molecular weight is 393 g/mol. The summed E-state index contributed by atoms with van der Waals surface area (Å²) in [4.78, 5) is 13.4. The molecule has 0 saturated carbocycles. The molecule has 0 spiro atoms. The normalized spacial score (nSPS) is 20.5. The molecule has 2 aliphatic rings. The van der Waals surface area contributed by atoms with Gasteiger partial charge < -0.3 is 9.64 Å². The zero-order valence-corrected chi connectivity index (χ0v) is 15.5. The second-order valence-electron chi connectivity index (χ2n) is 5.98. The van der Waals surface area contributed by atoms with Crippen LogP contribution in [0.2, 0.25) is 10.0 Å². The minimum atomic E-state index is -3.69. The van der Waals surface area contributed by atoms with Gasteiger partial charge in [0, 0.05) is 24.2 Å². The Morgan fingerprint density at radius 2 is 1.83 bits per heavy atom. The first-order valence-electron chi connectivity index (χ1n) is 7.70. The van der Waals surface area contributed by atoms with Gasteiger partial charge in [0.2, 0.25) is 10.0 Å². The summed E-state index contributed by atoms with van der Waals surface area (Å²) in [6, 6.07) is 3.05. The van der Waals surface area contributed by atoms with Gasteiger partial charge in [-0.15, -0.1) is 0 Å². The molecule has 9 heteroatoms. The van der Waals surface area contributed by atoms with Crippen molar-refractivity contribution in [3.05, 3.63) is 27.7 Å². The number of aryl methyl sites for hydroxylation is 1. The van der Waals surface area contributed by atoms with E-state index in [-0.39, 0.29) is 22.1 Å². The number of carbonyl (C=O) groups is 1. The van der Waals surface area contributed by atoms with Crippen molar-refractivity contribution in [2.45, 2.75) is 30.7 Å². The molecule has 2 aliphatic heterocycles. The Morgan fingerprint density at radius 3 is 2.38 bits per heavy atom. The quantitative estimate of drug-likeness (QED) is 0.792. The van der Waals surface area contributed by atoms with E-state index >= 15 is 0 Å². The highest BCUT2D eigenvalue weighted by Crippen LogP contribution is 2.33. The van der Waals surface area contributed by atoms with Crippen molar-refractivity contribution in [2.75, 3.05) is 26.2 Å². The Kier molecular flexibility index (Phi) is 4.97. The third-order valence-electron chi connectivity index (χ3n) is 4.45. The molecule has 0 aromatic heterocycles. The molecule has 24 heavy (non-hydrogen) atoms. The summed E-state index contributed by atoms with van der Waals surface area (Å²) in [7, 11) is -3.69. The van der Waals surface area contributed by atoms with Crippen LogP contribution in [0.4, 0.5) is 4.79 Å². The monoisotopic (exact) mass is 392 g/mol. The minimum absolute atomic E-state index is 0.0215. The number of rotatable bonds is 3. The molecular formula is C15H18Cl2N2O4S. The van der Waals surface area contributed by atoms with Crippen LogP contribution in [0.3, 0.4) is 0 Å². The van der Waals surface area contributed by atoms with Crippen LogP contribution in [0.5, 0.6) is 0 Å². The molecule has 2 heterocycles. The first kappa shape index (κ1) is 17.8. The van der Waals surface area contributed by atoms with Crippen LogP contribution in [0.15, 0.2) is 17.0 Å². The number of halogens is 2. The van der Waals surface area contributed by atoms with Crippen LogP contribution in [0.1, 0.15) is 18.4 Å². The van der Waals surface area contributed by atoms with E-state index < -0.39 is 10.0 Å². The van der Waals surface area contributed by atoms with Gasteiger partial charge in [0.15, 0.2) is 0 Å². The summed E-state index contributed by atoms with van der Waals surface area (Å²) < 4.78 is 32.2. The lowest BCUT2D eigenvalue weighted by molar-refractivity contribution is 0.134. The van der Waals surface area contributed by atoms with Crippen LogP contribution in [0, 0.1) is 6.92 Å². The van der Waals surface area contributed by atoms with Crippen molar-refractivity contribution in [3.63, 3.8) is 0 Å². The van der Waals surface area contributed by atoms with E-state index in [4.69, 9.17) is 27.9 Å². The van der Waals surface area contributed by atoms with E-state index in [0.29, 0.717) is 49.7 Å². The lowest BCUT2D eigenvalue weighted by atomic mass is 10.1. The molecule has 0 unspecified atom stereocenters. The van der Waals surface area contributed by atoms with E-state index in [1.165, 1.54) is 10.4 Å². The average Bonchev–Trinajstić information content (AvgIpc) is 2.92. The number of carbonyl (C=O) groups excluding carboxylic acids is 1. The molecule has 0 N–H and O–H groups in total. The maximum atomic E-state index is 12.9. The highest BCUT2D eigenvalue weighted by molar-refractivity contribution is 7.89. The summed E-state index contributed by atoms with van der Waals surface area (Å²) >= 11 is 12.1. The predicted molar refractivity (Wildman–Crippen MR) is 91.0 cm³/mol. The number of ether oxygens (including phenoxy) is 1. The Hall–Kier alpha value is -1.02. The summed E-state index contributed by atoms with van der Waals surface area (Å²) in [6.07, 6.45) is 0.852. The van der Waals surface area contributed by atoms with Gasteiger partial charge in [0.25, 0.3) is 0 Å². The number of sulfonamides is 1. The summed E-state index contributed by atoms with van der Waals surface area (Å²) in [5.74, 6) is 0. The number of amides is 1. The number of nitrogens with zero attached hydrogens (tertiary/aromatic N) is 2. The number of benzene rings is 1. The zero-order chi connectivity index (χ0) is 17.5. The molecule has 1 amide bonds. The second-order valence-corrected chi connectivity index (χ2v) is 8.70. The van der Waals surface area contributed by atoms with Crippen molar-refractivity contribution < 1.29 is 17.9 Å². The van der Waals surface area contributed by atoms with Crippen molar-refractivity contribution >= 4 is 39.3 Å². The fourth-order valence-electron chi connectivity index (χ4n) is 3.28. The van der Waals surface area contributed by atoms with E-state index in [1.807, 2.05) is 0 Å². The molecule has 0 bridgehead atoms. The molecule has 0 aliphatic carbocycles. The molecule has 0 radical (unpaired) electrons. The lowest BCUT2D eigenvalue weighted by Crippen LogP contribution is -2.47. The van der Waals surface area contributed by atoms with Crippen LogP contribution < -0.4 is 0 Å². The predicted octanol–water partition coefficient (Wildman–Crippen LogP) is 2.91. The molecule has 1 aromatic carbocycles. The molecule has 6 nitrogen and oxygen atoms in total. The maximum absolute atomic E-state index is 12.9. The van der Waals surface area contributed by atoms with E-state index in [2.05, 4.69) is 0 Å². The molecule has 2 saturated heterocycles. The van der Waals surface area contributed by atoms with Crippen molar-refractivity contribution in [1.82, 2.24) is 9.21 Å². The topological polar surface area (TPSA) is 66.9 Å². The largest absolute Gasteiger partial charge is 0.448 e. The van der Waals surface area contributed by atoms with Gasteiger partial charge in [0.1, 0.15) is 11.5 Å². The molecule has 3 rings (SSSR count). The van der Waals surface area contributed by atoms with Crippen molar-refractivity contribution in [2.24, 2.45) is 0 Å². The van der Waals surface area contributed by atoms with Gasteiger partial charge in [-0.2, -0.15) is 4.31 Å². The van der Waals surface area contributed by atoms with E-state index in [1.54, 1.807) is 17.9 Å². The minimum Gasteiger partial charge on any atom is -0.448 e. The highest BCUT2D eigenvalue weighted by atomic mass is 35.5. The van der Waals surface area contributed by atoms with Gasteiger partial charge in [-0.25, -0.2) is 13.2 Å². The lowest BCUT2D eigenvalue weighted by Gasteiger charge is -2.35. The SMILES string of the molecule is Cc1cc(Cl)cc(Cl)c1S(=O)(=O)N1CCC(N2CCOC2=O)CC1. The fraction of sp³-hybridized carbons (Fsp3) is 0.533. The van der Waals surface area contributed by atoms with Crippen LogP contribution in [-0.2, 0) is 14.8 Å². The maximum Gasteiger partial charge on any atom is 0.410 e. The molecule has 2 fully saturated rings. The first-order valence-corrected chi connectivity index (χ1v) is 9.89. The van der Waals surface area contributed by atoms with E-state index in [9.17, 15) is 13.2 Å². The number of cyclic esters (lactones) is 1. The third-order valence-corrected chi connectivity index (χ3v) is 7.18. The van der Waals surface area contributed by atoms with Crippen LogP contribution in [0.25, 0.3) is 0 Å². The van der Waals surface area contributed by atoms with Crippen LogP contribution >= 0.6 is 23.2 Å². The zero-order valence-electron chi connectivity index (χ0n) is 13.2. The Balaban J connectivity index is 1.77. The number of piperidine rings is 1. The van der Waals surface area contributed by atoms with E-state index in [0.717, 1.165) is 0 Å².